The molecule has 3 atom stereocenters. The Morgan fingerprint density at radius 2 is 2.11 bits per heavy atom. The molecule has 1 unspecified atom stereocenters. The third-order valence-corrected chi connectivity index (χ3v) is 4.95. The van der Waals surface area contributed by atoms with Crippen LogP contribution in [-0.4, -0.2) is 40.6 Å². The zero-order valence-electron chi connectivity index (χ0n) is 15.7. The van der Waals surface area contributed by atoms with Crippen LogP contribution in [0.3, 0.4) is 0 Å². The predicted octanol–water partition coefficient (Wildman–Crippen LogP) is 2.28. The fourth-order valence-corrected chi connectivity index (χ4v) is 3.37. The largest absolute Gasteiger partial charge is 0.394 e. The van der Waals surface area contributed by atoms with Gasteiger partial charge in [-0.25, -0.2) is 4.39 Å². The molecule has 0 aliphatic heterocycles. The highest BCUT2D eigenvalue weighted by Crippen LogP contribution is 2.26. The van der Waals surface area contributed by atoms with Crippen molar-refractivity contribution >= 4 is 11.8 Å². The lowest BCUT2D eigenvalue weighted by Gasteiger charge is -2.16. The van der Waals surface area contributed by atoms with Crippen molar-refractivity contribution in [3.8, 4) is 11.3 Å². The van der Waals surface area contributed by atoms with Crippen LogP contribution in [0, 0.1) is 11.7 Å². The number of halogens is 1. The summed E-state index contributed by atoms with van der Waals surface area (Å²) in [6.45, 7) is 1.64. The van der Waals surface area contributed by atoms with Crippen LogP contribution in [0.15, 0.2) is 42.6 Å². The first-order valence-corrected chi connectivity index (χ1v) is 9.40. The van der Waals surface area contributed by atoms with Gasteiger partial charge in [0.05, 0.1) is 17.9 Å². The number of nitrogens with one attached hydrogen (secondary N) is 2. The van der Waals surface area contributed by atoms with Crippen LogP contribution >= 0.6 is 0 Å². The SMILES string of the molecule is C[C@@H](CO)NC(=O)[C@@H]1CCC(NC(=O)c2ccc(-c3cccc(F)c3)nc2)C1. The van der Waals surface area contributed by atoms with Crippen molar-refractivity contribution < 1.29 is 19.1 Å². The monoisotopic (exact) mass is 385 g/mol. The average Bonchev–Trinajstić information content (AvgIpc) is 3.16. The topological polar surface area (TPSA) is 91.3 Å². The van der Waals surface area contributed by atoms with E-state index in [0.717, 1.165) is 6.42 Å². The van der Waals surface area contributed by atoms with Crippen molar-refractivity contribution in [1.29, 1.82) is 0 Å². The second-order valence-electron chi connectivity index (χ2n) is 7.22. The molecule has 1 aliphatic rings. The molecule has 0 spiro atoms. The number of rotatable bonds is 6. The quantitative estimate of drug-likeness (QED) is 0.712. The van der Waals surface area contributed by atoms with E-state index in [1.807, 2.05) is 0 Å². The maximum atomic E-state index is 13.3. The summed E-state index contributed by atoms with van der Waals surface area (Å²) in [4.78, 5) is 28.9. The smallest absolute Gasteiger partial charge is 0.253 e. The lowest BCUT2D eigenvalue weighted by molar-refractivity contribution is -0.125. The normalized spacial score (nSPS) is 19.8. The number of carbonyl (C=O) groups is 2. The van der Waals surface area contributed by atoms with Crippen molar-refractivity contribution in [1.82, 2.24) is 15.6 Å². The highest BCUT2D eigenvalue weighted by atomic mass is 19.1. The lowest BCUT2D eigenvalue weighted by Crippen LogP contribution is -2.39. The molecular weight excluding hydrogens is 361 g/mol. The predicted molar refractivity (Wildman–Crippen MR) is 103 cm³/mol. The maximum absolute atomic E-state index is 13.3. The molecule has 7 heteroatoms. The second kappa shape index (κ2) is 8.93. The molecule has 1 heterocycles. The van der Waals surface area contributed by atoms with Gasteiger partial charge < -0.3 is 15.7 Å². The van der Waals surface area contributed by atoms with Crippen LogP contribution in [0.4, 0.5) is 4.39 Å². The number of aromatic nitrogens is 1. The third kappa shape index (κ3) is 4.92. The van der Waals surface area contributed by atoms with Gasteiger partial charge in [0.15, 0.2) is 0 Å². The average molecular weight is 385 g/mol. The maximum Gasteiger partial charge on any atom is 0.253 e. The fraction of sp³-hybridized carbons (Fsp3) is 0.381. The Kier molecular flexibility index (Phi) is 6.36. The third-order valence-electron chi connectivity index (χ3n) is 4.95. The number of benzene rings is 1. The molecule has 148 valence electrons. The number of nitrogens with zero attached hydrogens (tertiary/aromatic N) is 1. The molecule has 0 radical (unpaired) electrons. The Bertz CT molecular complexity index is 841. The van der Waals surface area contributed by atoms with Crippen molar-refractivity contribution in [2.75, 3.05) is 6.61 Å². The van der Waals surface area contributed by atoms with Gasteiger partial charge in [-0.3, -0.25) is 14.6 Å². The number of pyridine rings is 1. The first kappa shape index (κ1) is 19.9. The van der Waals surface area contributed by atoms with E-state index < -0.39 is 0 Å². The van der Waals surface area contributed by atoms with Crippen LogP contribution in [0.2, 0.25) is 0 Å². The van der Waals surface area contributed by atoms with Gasteiger partial charge >= 0.3 is 0 Å². The Morgan fingerprint density at radius 3 is 2.79 bits per heavy atom. The Hall–Kier alpha value is -2.80. The van der Waals surface area contributed by atoms with Crippen LogP contribution in [0.5, 0.6) is 0 Å². The molecule has 3 rings (SSSR count). The van der Waals surface area contributed by atoms with Gasteiger partial charge in [0, 0.05) is 29.8 Å². The summed E-state index contributed by atoms with van der Waals surface area (Å²) in [5, 5.41) is 14.7. The number of aliphatic hydroxyl groups excluding tert-OH is 1. The molecule has 0 bridgehead atoms. The molecule has 1 fully saturated rings. The van der Waals surface area contributed by atoms with Crippen molar-refractivity contribution in [3.63, 3.8) is 0 Å². The number of hydrogen-bond donors (Lipinski definition) is 3. The summed E-state index contributed by atoms with van der Waals surface area (Å²) in [5.74, 6) is -0.824. The molecule has 3 N–H and O–H groups in total. The molecule has 0 saturated heterocycles. The summed E-state index contributed by atoms with van der Waals surface area (Å²) in [6.07, 6.45) is 3.47. The molecule has 2 amide bonds. The van der Waals surface area contributed by atoms with Crippen molar-refractivity contribution in [2.24, 2.45) is 5.92 Å². The molecule has 1 aliphatic carbocycles. The highest BCUT2D eigenvalue weighted by Gasteiger charge is 2.31. The standard InChI is InChI=1S/C21H24FN3O3/c1-13(12-26)24-20(27)15-5-7-18(10-15)25-21(28)16-6-8-19(23-11-16)14-3-2-4-17(22)9-14/h2-4,6,8-9,11,13,15,18,26H,5,7,10,12H2,1H3,(H,24,27)(H,25,28)/t13-,15+,18?/m0/s1. The summed E-state index contributed by atoms with van der Waals surface area (Å²) in [6, 6.07) is 9.12. The summed E-state index contributed by atoms with van der Waals surface area (Å²) in [5.41, 5.74) is 1.65. The second-order valence-corrected chi connectivity index (χ2v) is 7.22. The van der Waals surface area contributed by atoms with Gasteiger partial charge in [-0.2, -0.15) is 0 Å². The number of hydrogen-bond acceptors (Lipinski definition) is 4. The number of carbonyl (C=O) groups excluding carboxylic acids is 2. The van der Waals surface area contributed by atoms with Gasteiger partial charge in [0.1, 0.15) is 5.82 Å². The van der Waals surface area contributed by atoms with E-state index in [2.05, 4.69) is 15.6 Å². The van der Waals surface area contributed by atoms with E-state index in [-0.39, 0.29) is 42.2 Å². The van der Waals surface area contributed by atoms with Gasteiger partial charge in [-0.15, -0.1) is 0 Å². The van der Waals surface area contributed by atoms with Gasteiger partial charge in [0.2, 0.25) is 5.91 Å². The first-order chi connectivity index (χ1) is 13.5. The number of amides is 2. The van der Waals surface area contributed by atoms with E-state index in [4.69, 9.17) is 5.11 Å². The molecule has 28 heavy (non-hydrogen) atoms. The first-order valence-electron chi connectivity index (χ1n) is 9.40. The van der Waals surface area contributed by atoms with E-state index in [1.165, 1.54) is 18.3 Å². The Morgan fingerprint density at radius 1 is 1.29 bits per heavy atom. The van der Waals surface area contributed by atoms with Crippen molar-refractivity contribution in [2.45, 2.75) is 38.3 Å². The Balaban J connectivity index is 1.56. The zero-order chi connectivity index (χ0) is 20.1. The van der Waals surface area contributed by atoms with Crippen LogP contribution in [0.1, 0.15) is 36.5 Å². The summed E-state index contributed by atoms with van der Waals surface area (Å²) >= 11 is 0. The van der Waals surface area contributed by atoms with Crippen LogP contribution in [-0.2, 0) is 4.79 Å². The van der Waals surface area contributed by atoms with Crippen LogP contribution in [0.25, 0.3) is 11.3 Å². The minimum Gasteiger partial charge on any atom is -0.394 e. The lowest BCUT2D eigenvalue weighted by atomic mass is 10.1. The fourth-order valence-electron chi connectivity index (χ4n) is 3.37. The molecule has 1 aromatic carbocycles. The van der Waals surface area contributed by atoms with Gasteiger partial charge in [-0.05, 0) is 50.5 Å². The van der Waals surface area contributed by atoms with Crippen LogP contribution < -0.4 is 10.6 Å². The molecule has 6 nitrogen and oxygen atoms in total. The highest BCUT2D eigenvalue weighted by molar-refractivity contribution is 5.94. The van der Waals surface area contributed by atoms with E-state index in [0.29, 0.717) is 29.7 Å². The van der Waals surface area contributed by atoms with Gasteiger partial charge in [-0.1, -0.05) is 12.1 Å². The van der Waals surface area contributed by atoms with E-state index in [9.17, 15) is 14.0 Å². The zero-order valence-corrected chi connectivity index (χ0v) is 15.7. The molecule has 1 saturated carbocycles. The molecule has 2 aromatic rings. The Labute approximate surface area is 163 Å². The molecular formula is C21H24FN3O3. The van der Waals surface area contributed by atoms with Crippen molar-refractivity contribution in [3.05, 3.63) is 54.0 Å². The molecule has 1 aromatic heterocycles. The summed E-state index contributed by atoms with van der Waals surface area (Å²) in [7, 11) is 0. The van der Waals surface area contributed by atoms with E-state index in [1.54, 1.807) is 31.2 Å². The summed E-state index contributed by atoms with van der Waals surface area (Å²) < 4.78 is 13.3. The van der Waals surface area contributed by atoms with E-state index >= 15 is 0 Å². The minimum atomic E-state index is -0.339. The minimum absolute atomic E-state index is 0.0735. The number of aliphatic hydroxyl groups is 1. The van der Waals surface area contributed by atoms with Gasteiger partial charge in [0.25, 0.3) is 5.91 Å².